The summed E-state index contributed by atoms with van der Waals surface area (Å²) in [6.45, 7) is 4.71. The zero-order valence-corrected chi connectivity index (χ0v) is 18.2. The molecule has 2 aliphatic heterocycles. The lowest BCUT2D eigenvalue weighted by atomic mass is 9.95. The van der Waals surface area contributed by atoms with Crippen molar-refractivity contribution in [2.75, 3.05) is 18.1 Å². The van der Waals surface area contributed by atoms with Gasteiger partial charge in [-0.1, -0.05) is 6.07 Å². The minimum absolute atomic E-state index is 0.0158. The van der Waals surface area contributed by atoms with Gasteiger partial charge in [0.1, 0.15) is 19.0 Å². The van der Waals surface area contributed by atoms with Crippen LogP contribution in [0.3, 0.4) is 0 Å². The zero-order valence-electron chi connectivity index (χ0n) is 18.2. The van der Waals surface area contributed by atoms with Crippen molar-refractivity contribution in [3.63, 3.8) is 0 Å². The normalized spacial score (nSPS) is 19.1. The molecule has 7 nitrogen and oxygen atoms in total. The number of nitrogens with zero attached hydrogens (tertiary/aromatic N) is 2. The van der Waals surface area contributed by atoms with Crippen molar-refractivity contribution < 1.29 is 24.2 Å². The quantitative estimate of drug-likeness (QED) is 0.373. The molecule has 7 heteroatoms. The lowest BCUT2D eigenvalue weighted by Gasteiger charge is -2.26. The monoisotopic (exact) mass is 442 g/mol. The van der Waals surface area contributed by atoms with Gasteiger partial charge in [0.25, 0.3) is 11.7 Å². The number of ether oxygens (including phenoxy) is 2. The van der Waals surface area contributed by atoms with Crippen molar-refractivity contribution in [3.8, 4) is 11.5 Å². The maximum Gasteiger partial charge on any atom is 0.300 e. The molecule has 5 rings (SSSR count). The van der Waals surface area contributed by atoms with Crippen LogP contribution < -0.4 is 14.4 Å². The number of aliphatic hydroxyl groups excluding tert-OH is 1. The van der Waals surface area contributed by atoms with Crippen LogP contribution in [0, 0.1) is 13.8 Å². The highest BCUT2D eigenvalue weighted by atomic mass is 16.6. The van der Waals surface area contributed by atoms with Crippen LogP contribution in [0.25, 0.3) is 5.76 Å². The number of rotatable bonds is 3. The minimum atomic E-state index is -0.803. The fraction of sp³-hybridized carbons (Fsp3) is 0.192. The molecule has 3 heterocycles. The van der Waals surface area contributed by atoms with E-state index < -0.39 is 17.7 Å². The van der Waals surface area contributed by atoms with E-state index in [2.05, 4.69) is 4.98 Å². The topological polar surface area (TPSA) is 89.0 Å². The predicted molar refractivity (Wildman–Crippen MR) is 122 cm³/mol. The molecular formula is C26H22N2O5. The summed E-state index contributed by atoms with van der Waals surface area (Å²) in [4.78, 5) is 32.0. The van der Waals surface area contributed by atoms with E-state index >= 15 is 0 Å². The van der Waals surface area contributed by atoms with Gasteiger partial charge in [-0.3, -0.25) is 19.5 Å². The van der Waals surface area contributed by atoms with Crippen LogP contribution in [0.15, 0.2) is 66.5 Å². The van der Waals surface area contributed by atoms with Gasteiger partial charge in [-0.25, -0.2) is 0 Å². The standard InChI is InChI=1S/C26H22N2O5/c1-15-11-16(2)13-19(12-15)28-23(17-5-7-27-8-6-17)22(25(30)26(28)31)24(29)18-3-4-20-21(14-18)33-10-9-32-20/h3-8,11-14,23,29H,9-10H2,1-2H3/b24-22-. The van der Waals surface area contributed by atoms with E-state index in [1.807, 2.05) is 32.0 Å². The van der Waals surface area contributed by atoms with E-state index in [-0.39, 0.29) is 11.3 Å². The van der Waals surface area contributed by atoms with Crippen molar-refractivity contribution in [2.45, 2.75) is 19.9 Å². The Morgan fingerprint density at radius 1 is 0.939 bits per heavy atom. The predicted octanol–water partition coefficient (Wildman–Crippen LogP) is 4.10. The van der Waals surface area contributed by atoms with E-state index in [9.17, 15) is 14.7 Å². The zero-order chi connectivity index (χ0) is 23.1. The Kier molecular flexibility index (Phi) is 5.09. The lowest BCUT2D eigenvalue weighted by molar-refractivity contribution is -0.132. The number of aryl methyl sites for hydroxylation is 2. The molecular weight excluding hydrogens is 420 g/mol. The van der Waals surface area contributed by atoms with Gasteiger partial charge in [-0.2, -0.15) is 0 Å². The van der Waals surface area contributed by atoms with Crippen LogP contribution in [0.4, 0.5) is 5.69 Å². The van der Waals surface area contributed by atoms with Crippen molar-refractivity contribution >= 4 is 23.1 Å². The van der Waals surface area contributed by atoms with Crippen LogP contribution in [0.5, 0.6) is 11.5 Å². The number of hydrogen-bond acceptors (Lipinski definition) is 6. The molecule has 3 aromatic rings. The van der Waals surface area contributed by atoms with Gasteiger partial charge in [0, 0.05) is 23.6 Å². The molecule has 1 saturated heterocycles. The molecule has 1 aromatic heterocycles. The van der Waals surface area contributed by atoms with E-state index in [0.717, 1.165) is 11.1 Å². The van der Waals surface area contributed by atoms with Gasteiger partial charge < -0.3 is 14.6 Å². The highest BCUT2D eigenvalue weighted by molar-refractivity contribution is 6.51. The van der Waals surface area contributed by atoms with Gasteiger partial charge in [0.2, 0.25) is 0 Å². The second-order valence-corrected chi connectivity index (χ2v) is 8.15. The third kappa shape index (κ3) is 3.61. The minimum Gasteiger partial charge on any atom is -0.507 e. The van der Waals surface area contributed by atoms with Crippen molar-refractivity contribution in [2.24, 2.45) is 0 Å². The molecule has 33 heavy (non-hydrogen) atoms. The number of carbonyl (C=O) groups excluding carboxylic acids is 2. The Morgan fingerprint density at radius 3 is 2.30 bits per heavy atom. The first kappa shape index (κ1) is 20.8. The van der Waals surface area contributed by atoms with E-state index in [1.54, 1.807) is 42.7 Å². The van der Waals surface area contributed by atoms with Crippen molar-refractivity contribution in [3.05, 3.63) is 88.8 Å². The molecule has 1 unspecified atom stereocenters. The second kappa shape index (κ2) is 8.09. The molecule has 166 valence electrons. The first-order valence-electron chi connectivity index (χ1n) is 10.6. The van der Waals surface area contributed by atoms with Gasteiger partial charge in [0.15, 0.2) is 11.5 Å². The Hall–Kier alpha value is -4.13. The molecule has 0 saturated carbocycles. The molecule has 0 radical (unpaired) electrons. The molecule has 0 spiro atoms. The molecule has 0 aliphatic carbocycles. The number of carbonyl (C=O) groups is 2. The summed E-state index contributed by atoms with van der Waals surface area (Å²) in [6.07, 6.45) is 3.20. The maximum absolute atomic E-state index is 13.3. The van der Waals surface area contributed by atoms with E-state index in [4.69, 9.17) is 9.47 Å². The Bertz CT molecular complexity index is 1280. The van der Waals surface area contributed by atoms with Crippen LogP contribution in [0.1, 0.15) is 28.3 Å². The summed E-state index contributed by atoms with van der Waals surface area (Å²) in [5, 5.41) is 11.3. The number of hydrogen-bond donors (Lipinski definition) is 1. The second-order valence-electron chi connectivity index (χ2n) is 8.15. The van der Waals surface area contributed by atoms with E-state index in [1.165, 1.54) is 4.90 Å². The van der Waals surface area contributed by atoms with Crippen molar-refractivity contribution in [1.82, 2.24) is 4.98 Å². The van der Waals surface area contributed by atoms with Gasteiger partial charge in [-0.15, -0.1) is 0 Å². The summed E-state index contributed by atoms with van der Waals surface area (Å²) in [7, 11) is 0. The van der Waals surface area contributed by atoms with Crippen LogP contribution >= 0.6 is 0 Å². The number of ketones is 1. The first-order chi connectivity index (χ1) is 15.9. The van der Waals surface area contributed by atoms with Crippen LogP contribution in [-0.2, 0) is 9.59 Å². The smallest absolute Gasteiger partial charge is 0.300 e. The molecule has 2 aliphatic rings. The fourth-order valence-corrected chi connectivity index (χ4v) is 4.40. The summed E-state index contributed by atoms with van der Waals surface area (Å²) in [6, 6.07) is 13.3. The number of aliphatic hydroxyl groups is 1. The number of fused-ring (bicyclic) bond motifs is 1. The van der Waals surface area contributed by atoms with Crippen molar-refractivity contribution in [1.29, 1.82) is 0 Å². The highest BCUT2D eigenvalue weighted by Gasteiger charge is 2.47. The maximum atomic E-state index is 13.3. The number of benzene rings is 2. The van der Waals surface area contributed by atoms with Crippen LogP contribution in [0.2, 0.25) is 0 Å². The number of pyridine rings is 1. The van der Waals surface area contributed by atoms with Gasteiger partial charge >= 0.3 is 0 Å². The van der Waals surface area contributed by atoms with Gasteiger partial charge in [0.05, 0.1) is 11.6 Å². The summed E-state index contributed by atoms with van der Waals surface area (Å²) in [5.41, 5.74) is 3.58. The number of Topliss-reactive ketones (excluding diaryl/α,β-unsaturated/α-hetero) is 1. The summed E-state index contributed by atoms with van der Waals surface area (Å²) in [5.74, 6) is -0.656. The average molecular weight is 442 g/mol. The Labute approximate surface area is 190 Å². The third-order valence-corrected chi connectivity index (χ3v) is 5.77. The molecule has 2 aromatic carbocycles. The number of aromatic nitrogens is 1. The molecule has 1 amide bonds. The van der Waals surface area contributed by atoms with Crippen LogP contribution in [-0.4, -0.2) is 35.0 Å². The number of amides is 1. The Balaban J connectivity index is 1.70. The SMILES string of the molecule is Cc1cc(C)cc(N2C(=O)C(=O)/C(=C(\O)c3ccc4c(c3)OCCO4)C2c2ccncc2)c1. The summed E-state index contributed by atoms with van der Waals surface area (Å²) < 4.78 is 11.2. The molecule has 1 N–H and O–H groups in total. The van der Waals surface area contributed by atoms with Gasteiger partial charge in [-0.05, 0) is 73.0 Å². The Morgan fingerprint density at radius 2 is 1.61 bits per heavy atom. The fourth-order valence-electron chi connectivity index (χ4n) is 4.40. The summed E-state index contributed by atoms with van der Waals surface area (Å²) >= 11 is 0. The lowest BCUT2D eigenvalue weighted by Crippen LogP contribution is -2.29. The molecule has 1 atom stereocenters. The molecule has 0 bridgehead atoms. The number of anilines is 1. The largest absolute Gasteiger partial charge is 0.507 e. The third-order valence-electron chi connectivity index (χ3n) is 5.77. The first-order valence-corrected chi connectivity index (χ1v) is 10.6. The van der Waals surface area contributed by atoms with E-state index in [0.29, 0.717) is 41.5 Å². The molecule has 1 fully saturated rings. The highest BCUT2D eigenvalue weighted by Crippen LogP contribution is 2.43. The average Bonchev–Trinajstić information content (AvgIpc) is 3.08.